The van der Waals surface area contributed by atoms with Crippen molar-refractivity contribution in [3.63, 3.8) is 0 Å². The van der Waals surface area contributed by atoms with Crippen molar-refractivity contribution < 1.29 is 9.21 Å². The van der Waals surface area contributed by atoms with Gasteiger partial charge in [-0.2, -0.15) is 10.1 Å². The zero-order valence-electron chi connectivity index (χ0n) is 9.62. The van der Waals surface area contributed by atoms with Gasteiger partial charge in [-0.05, 0) is 13.0 Å². The second-order valence-corrected chi connectivity index (χ2v) is 4.02. The third-order valence-corrected chi connectivity index (χ3v) is 2.92. The van der Waals surface area contributed by atoms with Crippen molar-refractivity contribution in [2.75, 3.05) is 5.32 Å². The molecule has 0 unspecified atom stereocenters. The van der Waals surface area contributed by atoms with Crippen molar-refractivity contribution >= 4 is 11.9 Å². The van der Waals surface area contributed by atoms with E-state index in [0.29, 0.717) is 17.2 Å². The number of hydrogen-bond acceptors (Lipinski definition) is 5. The van der Waals surface area contributed by atoms with Crippen molar-refractivity contribution in [1.29, 1.82) is 0 Å². The molecule has 0 radical (unpaired) electrons. The maximum absolute atomic E-state index is 11.6. The van der Waals surface area contributed by atoms with Crippen molar-refractivity contribution in [3.8, 4) is 0 Å². The molecule has 2 aromatic rings. The van der Waals surface area contributed by atoms with Crippen LogP contribution in [0.2, 0.25) is 0 Å². The summed E-state index contributed by atoms with van der Waals surface area (Å²) in [6.07, 6.45) is 4.53. The summed E-state index contributed by atoms with van der Waals surface area (Å²) < 4.78 is 6.68. The number of fused-ring (bicyclic) bond motifs is 1. The van der Waals surface area contributed by atoms with Gasteiger partial charge in [-0.25, -0.2) is 4.68 Å². The Bertz CT molecular complexity index is 626. The van der Waals surface area contributed by atoms with Crippen molar-refractivity contribution in [1.82, 2.24) is 14.8 Å². The molecule has 0 aromatic carbocycles. The zero-order chi connectivity index (χ0) is 12.7. The highest BCUT2D eigenvalue weighted by atomic mass is 16.3. The number of amides is 1. The van der Waals surface area contributed by atoms with Gasteiger partial charge < -0.3 is 15.5 Å². The van der Waals surface area contributed by atoms with E-state index in [1.54, 1.807) is 30.2 Å². The normalized spacial score (nSPS) is 18.4. The van der Waals surface area contributed by atoms with E-state index in [2.05, 4.69) is 15.4 Å². The van der Waals surface area contributed by atoms with Crippen LogP contribution in [0.15, 0.2) is 40.6 Å². The molecular formula is C11H11N5O2. The Labute approximate surface area is 102 Å². The van der Waals surface area contributed by atoms with Crippen LogP contribution in [-0.4, -0.2) is 20.7 Å². The van der Waals surface area contributed by atoms with Crippen LogP contribution in [-0.2, 0) is 4.79 Å². The summed E-state index contributed by atoms with van der Waals surface area (Å²) in [4.78, 5) is 15.7. The van der Waals surface area contributed by atoms with E-state index in [4.69, 9.17) is 10.2 Å². The Morgan fingerprint density at radius 1 is 1.61 bits per heavy atom. The molecule has 0 aliphatic carbocycles. The lowest BCUT2D eigenvalue weighted by Crippen LogP contribution is -2.31. The van der Waals surface area contributed by atoms with Gasteiger partial charge in [-0.3, -0.25) is 4.79 Å². The van der Waals surface area contributed by atoms with Crippen LogP contribution >= 0.6 is 0 Å². The zero-order valence-corrected chi connectivity index (χ0v) is 9.62. The molecule has 7 heteroatoms. The fourth-order valence-electron chi connectivity index (χ4n) is 2.15. The molecule has 1 aliphatic heterocycles. The summed E-state index contributed by atoms with van der Waals surface area (Å²) in [5.41, 5.74) is 7.38. The van der Waals surface area contributed by atoms with Crippen LogP contribution in [0.5, 0.6) is 0 Å². The molecule has 1 aliphatic rings. The van der Waals surface area contributed by atoms with Crippen LogP contribution in [0, 0.1) is 0 Å². The molecule has 3 N–H and O–H groups in total. The molecule has 7 nitrogen and oxygen atoms in total. The average molecular weight is 245 g/mol. The predicted molar refractivity (Wildman–Crippen MR) is 62.4 cm³/mol. The lowest BCUT2D eigenvalue weighted by Gasteiger charge is -2.26. The number of furan rings is 1. The summed E-state index contributed by atoms with van der Waals surface area (Å²) in [5, 5.41) is 7.12. The van der Waals surface area contributed by atoms with Crippen LogP contribution < -0.4 is 11.1 Å². The second kappa shape index (κ2) is 3.73. The van der Waals surface area contributed by atoms with Crippen molar-refractivity contribution in [3.05, 3.63) is 41.8 Å². The number of nitrogens with one attached hydrogen (secondary N) is 1. The van der Waals surface area contributed by atoms with Crippen molar-refractivity contribution in [2.24, 2.45) is 5.73 Å². The van der Waals surface area contributed by atoms with E-state index in [1.807, 2.05) is 0 Å². The monoisotopic (exact) mass is 245 g/mol. The first-order chi connectivity index (χ1) is 8.68. The summed E-state index contributed by atoms with van der Waals surface area (Å²) in [5.74, 6) is 0.0797. The Kier molecular flexibility index (Phi) is 2.19. The number of hydrogen-bond donors (Lipinski definition) is 2. The maximum atomic E-state index is 11.6. The molecule has 0 bridgehead atoms. The molecule has 1 atom stereocenters. The van der Waals surface area contributed by atoms with Crippen molar-refractivity contribution in [2.45, 2.75) is 13.0 Å². The highest BCUT2D eigenvalue weighted by molar-refractivity contribution is 5.95. The molecule has 0 saturated heterocycles. The third kappa shape index (κ3) is 1.41. The average Bonchev–Trinajstić information content (AvgIpc) is 2.96. The predicted octanol–water partition coefficient (Wildman–Crippen LogP) is 0.645. The number of primary amides is 1. The SMILES string of the molecule is CC1=C(C(N)=O)[C@@H](c2ccoc2)n2ncnc2N1. The molecule has 0 saturated carbocycles. The minimum atomic E-state index is -0.493. The number of carbonyl (C=O) groups is 1. The Hall–Kier alpha value is -2.57. The van der Waals surface area contributed by atoms with Gasteiger partial charge in [0.25, 0.3) is 0 Å². The van der Waals surface area contributed by atoms with Crippen LogP contribution in [0.4, 0.5) is 5.95 Å². The van der Waals surface area contributed by atoms with Gasteiger partial charge in [0.05, 0.1) is 18.1 Å². The van der Waals surface area contributed by atoms with E-state index < -0.39 is 11.9 Å². The summed E-state index contributed by atoms with van der Waals surface area (Å²) in [6, 6.07) is 1.37. The van der Waals surface area contributed by atoms with Crippen LogP contribution in [0.25, 0.3) is 0 Å². The first-order valence-corrected chi connectivity index (χ1v) is 5.37. The smallest absolute Gasteiger partial charge is 0.248 e. The van der Waals surface area contributed by atoms with E-state index in [-0.39, 0.29) is 0 Å². The number of aromatic nitrogens is 3. The Morgan fingerprint density at radius 3 is 3.11 bits per heavy atom. The lowest BCUT2D eigenvalue weighted by atomic mass is 9.97. The maximum Gasteiger partial charge on any atom is 0.248 e. The number of carbonyl (C=O) groups excluding carboxylic acids is 1. The lowest BCUT2D eigenvalue weighted by molar-refractivity contribution is -0.115. The number of allylic oxidation sites excluding steroid dienone is 1. The molecule has 3 rings (SSSR count). The quantitative estimate of drug-likeness (QED) is 0.809. The first-order valence-electron chi connectivity index (χ1n) is 5.37. The third-order valence-electron chi connectivity index (χ3n) is 2.92. The Balaban J connectivity index is 2.21. The molecule has 92 valence electrons. The molecule has 1 amide bonds. The Morgan fingerprint density at radius 2 is 2.44 bits per heavy atom. The van der Waals surface area contributed by atoms with Gasteiger partial charge in [-0.1, -0.05) is 0 Å². The van der Waals surface area contributed by atoms with E-state index >= 15 is 0 Å². The molecular weight excluding hydrogens is 234 g/mol. The highest BCUT2D eigenvalue weighted by Gasteiger charge is 2.32. The van der Waals surface area contributed by atoms with Gasteiger partial charge in [-0.15, -0.1) is 0 Å². The van der Waals surface area contributed by atoms with Gasteiger partial charge in [0.2, 0.25) is 11.9 Å². The molecule has 18 heavy (non-hydrogen) atoms. The van der Waals surface area contributed by atoms with Gasteiger partial charge >= 0.3 is 0 Å². The summed E-state index contributed by atoms with van der Waals surface area (Å²) in [7, 11) is 0. The standard InChI is InChI=1S/C11H11N5O2/c1-6-8(10(12)17)9(7-2-3-18-4-7)16-11(15-6)13-5-14-16/h2-5,9H,1H3,(H2,12,17)(H,13,14,15)/t9-/m1/s1. The number of rotatable bonds is 2. The minimum Gasteiger partial charge on any atom is -0.472 e. The molecule has 2 aromatic heterocycles. The fourth-order valence-corrected chi connectivity index (χ4v) is 2.15. The highest BCUT2D eigenvalue weighted by Crippen LogP contribution is 2.34. The van der Waals surface area contributed by atoms with Gasteiger partial charge in [0.15, 0.2) is 0 Å². The van der Waals surface area contributed by atoms with Crippen LogP contribution in [0.1, 0.15) is 18.5 Å². The van der Waals surface area contributed by atoms with E-state index in [1.165, 1.54) is 6.33 Å². The summed E-state index contributed by atoms with van der Waals surface area (Å²) >= 11 is 0. The van der Waals surface area contributed by atoms with Gasteiger partial charge in [0.1, 0.15) is 12.4 Å². The molecule has 3 heterocycles. The molecule has 0 fully saturated rings. The van der Waals surface area contributed by atoms with E-state index in [0.717, 1.165) is 5.56 Å². The topological polar surface area (TPSA) is 99.0 Å². The summed E-state index contributed by atoms with van der Waals surface area (Å²) in [6.45, 7) is 1.78. The number of anilines is 1. The molecule has 0 spiro atoms. The first kappa shape index (κ1) is 10.6. The van der Waals surface area contributed by atoms with Crippen LogP contribution in [0.3, 0.4) is 0 Å². The fraction of sp³-hybridized carbons (Fsp3) is 0.182. The van der Waals surface area contributed by atoms with Gasteiger partial charge in [0, 0.05) is 11.3 Å². The second-order valence-electron chi connectivity index (χ2n) is 4.02. The largest absolute Gasteiger partial charge is 0.472 e. The number of nitrogens with two attached hydrogens (primary N) is 1. The van der Waals surface area contributed by atoms with E-state index in [9.17, 15) is 4.79 Å². The minimum absolute atomic E-state index is 0.403. The number of nitrogens with zero attached hydrogens (tertiary/aromatic N) is 3.